The number of hydrogen-bond donors (Lipinski definition) is 1. The van der Waals surface area contributed by atoms with E-state index in [0.717, 1.165) is 19.1 Å². The highest BCUT2D eigenvalue weighted by Gasteiger charge is 2.11. The summed E-state index contributed by atoms with van der Waals surface area (Å²) in [6.45, 7) is 4.06. The van der Waals surface area contributed by atoms with E-state index in [9.17, 15) is 0 Å². The summed E-state index contributed by atoms with van der Waals surface area (Å²) in [5.74, 6) is 0. The minimum absolute atomic E-state index is 0.729. The summed E-state index contributed by atoms with van der Waals surface area (Å²) in [6.07, 6.45) is 12.5. The molecule has 3 heteroatoms. The normalized spacial score (nSPS) is 18.6. The molecule has 0 amide bonds. The van der Waals surface area contributed by atoms with Crippen LogP contribution in [0.3, 0.4) is 0 Å². The molecule has 0 bridgehead atoms. The van der Waals surface area contributed by atoms with Gasteiger partial charge < -0.3 is 5.32 Å². The molecule has 3 nitrogen and oxygen atoms in total. The topological polar surface area (TPSA) is 29.9 Å². The van der Waals surface area contributed by atoms with Crippen molar-refractivity contribution in [1.29, 1.82) is 0 Å². The first-order valence-electron chi connectivity index (χ1n) is 6.63. The van der Waals surface area contributed by atoms with Crippen molar-refractivity contribution in [2.45, 2.75) is 64.6 Å². The summed E-state index contributed by atoms with van der Waals surface area (Å²) in [5, 5.41) is 7.96. The Morgan fingerprint density at radius 1 is 1.31 bits per heavy atom. The molecule has 1 aromatic heterocycles. The van der Waals surface area contributed by atoms with Gasteiger partial charge in [-0.1, -0.05) is 25.7 Å². The molecule has 0 radical (unpaired) electrons. The second kappa shape index (κ2) is 6.04. The second-order valence-corrected chi connectivity index (χ2v) is 4.77. The van der Waals surface area contributed by atoms with E-state index in [1.165, 1.54) is 44.1 Å². The largest absolute Gasteiger partial charge is 0.310 e. The van der Waals surface area contributed by atoms with Gasteiger partial charge in [-0.25, -0.2) is 0 Å². The van der Waals surface area contributed by atoms with Gasteiger partial charge in [0.25, 0.3) is 0 Å². The lowest BCUT2D eigenvalue weighted by molar-refractivity contribution is 0.459. The molecule has 1 aliphatic rings. The van der Waals surface area contributed by atoms with E-state index in [0.29, 0.717) is 0 Å². The van der Waals surface area contributed by atoms with Gasteiger partial charge in [-0.2, -0.15) is 5.10 Å². The number of hydrogen-bond acceptors (Lipinski definition) is 2. The molecule has 0 aromatic carbocycles. The molecule has 1 fully saturated rings. The Hall–Kier alpha value is -0.830. The fourth-order valence-corrected chi connectivity index (χ4v) is 2.42. The fourth-order valence-electron chi connectivity index (χ4n) is 2.42. The Labute approximate surface area is 98.2 Å². The molecule has 0 unspecified atom stereocenters. The van der Waals surface area contributed by atoms with E-state index in [2.05, 4.69) is 23.5 Å². The molecule has 16 heavy (non-hydrogen) atoms. The lowest BCUT2D eigenvalue weighted by atomic mass is 10.1. The number of nitrogens with one attached hydrogen (secondary N) is 1. The Balaban J connectivity index is 1.77. The van der Waals surface area contributed by atoms with Crippen LogP contribution in [0.4, 0.5) is 0 Å². The molecule has 0 spiro atoms. The van der Waals surface area contributed by atoms with Crippen molar-refractivity contribution in [2.24, 2.45) is 0 Å². The minimum atomic E-state index is 0.729. The molecule has 0 atom stereocenters. The van der Waals surface area contributed by atoms with Gasteiger partial charge in [-0.05, 0) is 19.8 Å². The maximum atomic E-state index is 4.29. The van der Waals surface area contributed by atoms with Crippen LogP contribution in [0.5, 0.6) is 0 Å². The Morgan fingerprint density at radius 3 is 2.69 bits per heavy atom. The predicted octanol–water partition coefficient (Wildman–Crippen LogP) is 2.72. The van der Waals surface area contributed by atoms with Crippen LogP contribution in [0.15, 0.2) is 12.4 Å². The Kier molecular flexibility index (Phi) is 4.40. The summed E-state index contributed by atoms with van der Waals surface area (Å²) in [5.41, 5.74) is 1.31. The van der Waals surface area contributed by atoms with Crippen molar-refractivity contribution in [3.05, 3.63) is 18.0 Å². The highest BCUT2D eigenvalue weighted by molar-refractivity contribution is 5.03. The molecule has 1 N–H and O–H groups in total. The lowest BCUT2D eigenvalue weighted by Gasteiger charge is -2.15. The van der Waals surface area contributed by atoms with Gasteiger partial charge in [-0.3, -0.25) is 4.68 Å². The zero-order chi connectivity index (χ0) is 11.2. The standard InChI is InChI=1S/C13H23N3/c1-2-16-11-12(10-15-16)9-14-13-7-5-3-4-6-8-13/h10-11,13-14H,2-9H2,1H3. The Bertz CT molecular complexity index is 298. The first kappa shape index (κ1) is 11.6. The summed E-state index contributed by atoms with van der Waals surface area (Å²) in [6, 6.07) is 0.729. The van der Waals surface area contributed by atoms with Crippen LogP contribution >= 0.6 is 0 Å². The van der Waals surface area contributed by atoms with Gasteiger partial charge in [0.2, 0.25) is 0 Å². The molecule has 2 rings (SSSR count). The van der Waals surface area contributed by atoms with Crippen molar-refractivity contribution in [1.82, 2.24) is 15.1 Å². The molecule has 0 saturated heterocycles. The SMILES string of the molecule is CCn1cc(CNC2CCCCCC2)cn1. The van der Waals surface area contributed by atoms with E-state index in [1.54, 1.807) is 0 Å². The second-order valence-electron chi connectivity index (χ2n) is 4.77. The van der Waals surface area contributed by atoms with Crippen molar-refractivity contribution >= 4 is 0 Å². The Morgan fingerprint density at radius 2 is 2.06 bits per heavy atom. The summed E-state index contributed by atoms with van der Waals surface area (Å²) >= 11 is 0. The molecule has 1 saturated carbocycles. The van der Waals surface area contributed by atoms with Crippen LogP contribution in [0, 0.1) is 0 Å². The average Bonchev–Trinajstić information content (AvgIpc) is 2.61. The van der Waals surface area contributed by atoms with Crippen LogP contribution in [0.2, 0.25) is 0 Å². The first-order valence-corrected chi connectivity index (χ1v) is 6.63. The molecular formula is C13H23N3. The number of nitrogens with zero attached hydrogens (tertiary/aromatic N) is 2. The molecule has 1 aromatic rings. The van der Waals surface area contributed by atoms with E-state index < -0.39 is 0 Å². The smallest absolute Gasteiger partial charge is 0.0534 e. The van der Waals surface area contributed by atoms with Gasteiger partial charge in [0, 0.05) is 30.9 Å². The average molecular weight is 221 g/mol. The van der Waals surface area contributed by atoms with Crippen LogP contribution in [0.25, 0.3) is 0 Å². The van der Waals surface area contributed by atoms with Crippen LogP contribution in [-0.4, -0.2) is 15.8 Å². The van der Waals surface area contributed by atoms with E-state index >= 15 is 0 Å². The summed E-state index contributed by atoms with van der Waals surface area (Å²) in [7, 11) is 0. The zero-order valence-electron chi connectivity index (χ0n) is 10.3. The van der Waals surface area contributed by atoms with E-state index in [1.807, 2.05) is 10.9 Å². The van der Waals surface area contributed by atoms with E-state index in [-0.39, 0.29) is 0 Å². The maximum Gasteiger partial charge on any atom is 0.0534 e. The van der Waals surface area contributed by atoms with Crippen molar-refractivity contribution in [3.8, 4) is 0 Å². The highest BCUT2D eigenvalue weighted by Crippen LogP contribution is 2.17. The van der Waals surface area contributed by atoms with Crippen LogP contribution in [0.1, 0.15) is 51.0 Å². The van der Waals surface area contributed by atoms with Gasteiger partial charge >= 0.3 is 0 Å². The maximum absolute atomic E-state index is 4.29. The first-order chi connectivity index (χ1) is 7.88. The molecule has 1 heterocycles. The third kappa shape index (κ3) is 3.34. The molecule has 1 aliphatic carbocycles. The number of aryl methyl sites for hydroxylation is 1. The monoisotopic (exact) mass is 221 g/mol. The van der Waals surface area contributed by atoms with Crippen molar-refractivity contribution in [3.63, 3.8) is 0 Å². The summed E-state index contributed by atoms with van der Waals surface area (Å²) in [4.78, 5) is 0. The number of rotatable bonds is 4. The molecule has 0 aliphatic heterocycles. The molecule has 90 valence electrons. The third-order valence-electron chi connectivity index (χ3n) is 3.46. The van der Waals surface area contributed by atoms with Crippen LogP contribution in [-0.2, 0) is 13.1 Å². The van der Waals surface area contributed by atoms with Gasteiger partial charge in [0.1, 0.15) is 0 Å². The third-order valence-corrected chi connectivity index (χ3v) is 3.46. The van der Waals surface area contributed by atoms with Crippen LogP contribution < -0.4 is 5.32 Å². The minimum Gasteiger partial charge on any atom is -0.310 e. The summed E-state index contributed by atoms with van der Waals surface area (Å²) < 4.78 is 1.99. The number of aromatic nitrogens is 2. The van der Waals surface area contributed by atoms with Gasteiger partial charge in [0.15, 0.2) is 0 Å². The zero-order valence-corrected chi connectivity index (χ0v) is 10.3. The fraction of sp³-hybridized carbons (Fsp3) is 0.769. The lowest BCUT2D eigenvalue weighted by Crippen LogP contribution is -2.27. The quantitative estimate of drug-likeness (QED) is 0.792. The molecular weight excluding hydrogens is 198 g/mol. The van der Waals surface area contributed by atoms with Gasteiger partial charge in [0.05, 0.1) is 6.20 Å². The highest BCUT2D eigenvalue weighted by atomic mass is 15.3. The van der Waals surface area contributed by atoms with E-state index in [4.69, 9.17) is 0 Å². The van der Waals surface area contributed by atoms with Crippen molar-refractivity contribution in [2.75, 3.05) is 0 Å². The van der Waals surface area contributed by atoms with Gasteiger partial charge in [-0.15, -0.1) is 0 Å². The predicted molar refractivity (Wildman–Crippen MR) is 66.2 cm³/mol. The van der Waals surface area contributed by atoms with Crippen molar-refractivity contribution < 1.29 is 0 Å².